The predicted molar refractivity (Wildman–Crippen MR) is 125 cm³/mol. The van der Waals surface area contributed by atoms with Crippen LogP contribution < -0.4 is 10.1 Å². The number of rotatable bonds is 8. The van der Waals surface area contributed by atoms with Gasteiger partial charge in [0.25, 0.3) is 0 Å². The number of thioether (sulfide) groups is 1. The van der Waals surface area contributed by atoms with Crippen molar-refractivity contribution in [3.05, 3.63) is 76.3 Å². The molecule has 0 bridgehead atoms. The number of hydrogen-bond acceptors (Lipinski definition) is 5. The highest BCUT2D eigenvalue weighted by molar-refractivity contribution is 7.99. The van der Waals surface area contributed by atoms with Crippen molar-refractivity contribution in [3.8, 4) is 23.1 Å². The fourth-order valence-electron chi connectivity index (χ4n) is 3.06. The lowest BCUT2D eigenvalue weighted by atomic mass is 10.1. The van der Waals surface area contributed by atoms with Gasteiger partial charge < -0.3 is 10.1 Å². The number of nitriles is 1. The molecule has 3 aromatic rings. The molecule has 0 saturated carbocycles. The summed E-state index contributed by atoms with van der Waals surface area (Å²) >= 11 is 6.81. The van der Waals surface area contributed by atoms with Gasteiger partial charge in [-0.15, -0.1) is 11.8 Å². The van der Waals surface area contributed by atoms with Gasteiger partial charge in [0.15, 0.2) is 0 Å². The Labute approximate surface area is 203 Å². The first-order chi connectivity index (χ1) is 16.2. The van der Waals surface area contributed by atoms with E-state index < -0.39 is 17.3 Å². The summed E-state index contributed by atoms with van der Waals surface area (Å²) in [7, 11) is 1.49. The average Bonchev–Trinajstić information content (AvgIpc) is 2.82. The Morgan fingerprint density at radius 3 is 2.44 bits per heavy atom. The summed E-state index contributed by atoms with van der Waals surface area (Å²) in [5.74, 6) is 0.550. The molecule has 0 atom stereocenters. The van der Waals surface area contributed by atoms with Crippen molar-refractivity contribution in [2.24, 2.45) is 0 Å². The highest BCUT2D eigenvalue weighted by atomic mass is 35.5. The molecule has 0 aliphatic heterocycles. The van der Waals surface area contributed by atoms with Crippen molar-refractivity contribution in [1.82, 2.24) is 10.3 Å². The van der Waals surface area contributed by atoms with E-state index in [1.54, 1.807) is 54.6 Å². The maximum absolute atomic E-state index is 13.7. The summed E-state index contributed by atoms with van der Waals surface area (Å²) in [6, 6.07) is 15.8. The van der Waals surface area contributed by atoms with Gasteiger partial charge in [-0.05, 0) is 48.0 Å². The Morgan fingerprint density at radius 1 is 1.18 bits per heavy atom. The lowest BCUT2D eigenvalue weighted by molar-refractivity contribution is -0.138. The zero-order valence-corrected chi connectivity index (χ0v) is 19.5. The van der Waals surface area contributed by atoms with E-state index in [4.69, 9.17) is 16.3 Å². The number of methoxy groups -OCH3 is 1. The number of benzene rings is 2. The molecule has 1 amide bonds. The van der Waals surface area contributed by atoms with Gasteiger partial charge in [0.2, 0.25) is 5.91 Å². The van der Waals surface area contributed by atoms with Crippen molar-refractivity contribution >= 4 is 29.3 Å². The second-order valence-corrected chi connectivity index (χ2v) is 8.59. The van der Waals surface area contributed by atoms with Crippen molar-refractivity contribution in [2.75, 3.05) is 19.4 Å². The average molecular weight is 506 g/mol. The van der Waals surface area contributed by atoms with Gasteiger partial charge in [0.05, 0.1) is 30.4 Å². The molecule has 0 aliphatic rings. The molecule has 5 nitrogen and oxygen atoms in total. The molecule has 0 saturated heterocycles. The zero-order chi connectivity index (χ0) is 24.7. The van der Waals surface area contributed by atoms with E-state index in [9.17, 15) is 23.2 Å². The van der Waals surface area contributed by atoms with E-state index in [1.807, 2.05) is 0 Å². The van der Waals surface area contributed by atoms with Gasteiger partial charge in [-0.3, -0.25) is 4.79 Å². The number of pyridine rings is 1. The summed E-state index contributed by atoms with van der Waals surface area (Å²) < 4.78 is 46.1. The Kier molecular flexibility index (Phi) is 8.42. The smallest absolute Gasteiger partial charge is 0.417 e. The van der Waals surface area contributed by atoms with Gasteiger partial charge >= 0.3 is 6.18 Å². The van der Waals surface area contributed by atoms with Gasteiger partial charge in [-0.1, -0.05) is 23.7 Å². The molecule has 34 heavy (non-hydrogen) atoms. The minimum Gasteiger partial charge on any atom is -0.497 e. The first-order valence-electron chi connectivity index (χ1n) is 10.0. The molecular weight excluding hydrogens is 487 g/mol. The molecule has 0 unspecified atom stereocenters. The lowest BCUT2D eigenvalue weighted by Gasteiger charge is -2.14. The van der Waals surface area contributed by atoms with Gasteiger partial charge in [-0.25, -0.2) is 4.98 Å². The van der Waals surface area contributed by atoms with E-state index in [0.717, 1.165) is 23.4 Å². The van der Waals surface area contributed by atoms with Crippen LogP contribution in [0.25, 0.3) is 11.3 Å². The van der Waals surface area contributed by atoms with Gasteiger partial charge in [0.1, 0.15) is 16.8 Å². The van der Waals surface area contributed by atoms with Crippen LogP contribution in [-0.4, -0.2) is 30.3 Å². The summed E-state index contributed by atoms with van der Waals surface area (Å²) in [6.45, 7) is 0.192. The van der Waals surface area contributed by atoms with E-state index in [1.165, 1.54) is 7.11 Å². The molecule has 0 radical (unpaired) electrons. The van der Waals surface area contributed by atoms with Crippen LogP contribution in [0.15, 0.2) is 59.6 Å². The largest absolute Gasteiger partial charge is 0.497 e. The summed E-state index contributed by atoms with van der Waals surface area (Å²) in [5.41, 5.74) is -0.269. The molecule has 0 fully saturated rings. The van der Waals surface area contributed by atoms with E-state index in [-0.39, 0.29) is 35.3 Å². The van der Waals surface area contributed by atoms with E-state index >= 15 is 0 Å². The molecule has 176 valence electrons. The van der Waals surface area contributed by atoms with Crippen LogP contribution in [0.3, 0.4) is 0 Å². The molecule has 3 rings (SSSR count). The van der Waals surface area contributed by atoms with Crippen LogP contribution in [0.5, 0.6) is 5.75 Å². The van der Waals surface area contributed by atoms with Crippen molar-refractivity contribution < 1.29 is 22.7 Å². The van der Waals surface area contributed by atoms with Crippen molar-refractivity contribution in [3.63, 3.8) is 0 Å². The van der Waals surface area contributed by atoms with Crippen LogP contribution in [0.4, 0.5) is 13.2 Å². The SMILES string of the molecule is COc1ccc(-c2cc(C(F)(F)F)c(C#N)c(SCCNC(=O)Cc3ccc(Cl)cc3)n2)cc1. The Morgan fingerprint density at radius 2 is 1.85 bits per heavy atom. The monoisotopic (exact) mass is 505 g/mol. The third kappa shape index (κ3) is 6.65. The minimum absolute atomic E-state index is 0.0462. The summed E-state index contributed by atoms with van der Waals surface area (Å²) in [4.78, 5) is 16.4. The molecule has 1 aromatic heterocycles. The number of ether oxygens (including phenoxy) is 1. The van der Waals surface area contributed by atoms with Crippen LogP contribution >= 0.6 is 23.4 Å². The van der Waals surface area contributed by atoms with E-state index in [2.05, 4.69) is 10.3 Å². The Hall–Kier alpha value is -3.22. The molecule has 2 aromatic carbocycles. The van der Waals surface area contributed by atoms with Crippen molar-refractivity contribution in [1.29, 1.82) is 5.26 Å². The normalized spacial score (nSPS) is 11.1. The third-order valence-electron chi connectivity index (χ3n) is 4.73. The Bertz CT molecular complexity index is 1190. The number of nitrogens with zero attached hydrogens (tertiary/aromatic N) is 2. The molecule has 0 spiro atoms. The summed E-state index contributed by atoms with van der Waals surface area (Å²) in [5, 5.41) is 12.7. The number of alkyl halides is 3. The van der Waals surface area contributed by atoms with Crippen molar-refractivity contribution in [2.45, 2.75) is 17.6 Å². The predicted octanol–water partition coefficient (Wildman–Crippen LogP) is 5.75. The van der Waals surface area contributed by atoms with Gasteiger partial charge in [-0.2, -0.15) is 18.4 Å². The third-order valence-corrected chi connectivity index (χ3v) is 5.96. The number of halogens is 4. The molecule has 1 N–H and O–H groups in total. The fraction of sp³-hybridized carbons (Fsp3) is 0.208. The quantitative estimate of drug-likeness (QED) is 0.311. The number of hydrogen-bond donors (Lipinski definition) is 1. The van der Waals surface area contributed by atoms with Crippen LogP contribution in [0.2, 0.25) is 5.02 Å². The maximum Gasteiger partial charge on any atom is 0.417 e. The first-order valence-corrected chi connectivity index (χ1v) is 11.4. The number of aromatic nitrogens is 1. The highest BCUT2D eigenvalue weighted by Gasteiger charge is 2.36. The number of carbonyl (C=O) groups is 1. The lowest BCUT2D eigenvalue weighted by Crippen LogP contribution is -2.27. The Balaban J connectivity index is 1.74. The number of nitrogens with one attached hydrogen (secondary N) is 1. The standard InChI is InChI=1S/C24H19ClF3N3O2S/c1-33-18-8-4-16(5-9-18)21-13-20(24(26,27)28)19(14-29)23(31-21)34-11-10-30-22(32)12-15-2-6-17(25)7-3-15/h2-9,13H,10-12H2,1H3,(H,30,32). The van der Waals surface area contributed by atoms with Crippen LogP contribution in [0, 0.1) is 11.3 Å². The van der Waals surface area contributed by atoms with Crippen LogP contribution in [-0.2, 0) is 17.4 Å². The highest BCUT2D eigenvalue weighted by Crippen LogP contribution is 2.38. The zero-order valence-electron chi connectivity index (χ0n) is 17.9. The second kappa shape index (κ2) is 11.3. The van der Waals surface area contributed by atoms with Crippen LogP contribution in [0.1, 0.15) is 16.7 Å². The van der Waals surface area contributed by atoms with Gasteiger partial charge in [0, 0.05) is 22.9 Å². The summed E-state index contributed by atoms with van der Waals surface area (Å²) in [6.07, 6.45) is -4.58. The molecule has 0 aliphatic carbocycles. The molecule has 10 heteroatoms. The fourth-order valence-corrected chi connectivity index (χ4v) is 4.04. The minimum atomic E-state index is -4.72. The topological polar surface area (TPSA) is 75.0 Å². The van der Waals surface area contributed by atoms with E-state index in [0.29, 0.717) is 16.3 Å². The molecular formula is C24H19ClF3N3O2S. The maximum atomic E-state index is 13.7. The number of carbonyl (C=O) groups excluding carboxylic acids is 1. The second-order valence-electron chi connectivity index (χ2n) is 7.07. The molecule has 1 heterocycles. The first kappa shape index (κ1) is 25.4. The number of amides is 1.